The first-order valence-electron chi connectivity index (χ1n) is 9.93. The molecule has 2 aromatic rings. The Bertz CT molecular complexity index is 943. The first-order valence-corrected chi connectivity index (χ1v) is 9.93. The smallest absolute Gasteiger partial charge is 0.305 e. The molecule has 2 atom stereocenters. The highest BCUT2D eigenvalue weighted by Crippen LogP contribution is 2.42. The third-order valence-corrected chi connectivity index (χ3v) is 5.65. The third kappa shape index (κ3) is 3.35. The monoisotopic (exact) mass is 390 g/mol. The largest absolute Gasteiger partial charge is 0.343 e. The first-order chi connectivity index (χ1) is 14.0. The first kappa shape index (κ1) is 19.1. The molecule has 0 saturated heterocycles. The second-order valence-electron chi connectivity index (χ2n) is 7.58. The van der Waals surface area contributed by atoms with Gasteiger partial charge in [0.2, 0.25) is 5.91 Å². The number of amides is 3. The van der Waals surface area contributed by atoms with Crippen molar-refractivity contribution in [3.8, 4) is 0 Å². The Morgan fingerprint density at radius 2 is 1.72 bits per heavy atom. The number of hydrogen-bond acceptors (Lipinski definition) is 3. The van der Waals surface area contributed by atoms with Crippen LogP contribution in [-0.4, -0.2) is 41.6 Å². The predicted molar refractivity (Wildman–Crippen MR) is 114 cm³/mol. The number of hydrazine groups is 1. The summed E-state index contributed by atoms with van der Waals surface area (Å²) in [7, 11) is 1.87. The van der Waals surface area contributed by atoms with Gasteiger partial charge in [-0.1, -0.05) is 36.4 Å². The van der Waals surface area contributed by atoms with Gasteiger partial charge in [-0.25, -0.2) is 9.80 Å². The highest BCUT2D eigenvalue weighted by molar-refractivity contribution is 5.96. The number of para-hydroxylation sites is 2. The molecule has 0 N–H and O–H groups in total. The van der Waals surface area contributed by atoms with E-state index in [0.717, 1.165) is 16.9 Å². The maximum Gasteiger partial charge on any atom is 0.343 e. The Morgan fingerprint density at radius 1 is 1.03 bits per heavy atom. The highest BCUT2D eigenvalue weighted by Gasteiger charge is 2.39. The Balaban J connectivity index is 1.75. The van der Waals surface area contributed by atoms with E-state index >= 15 is 0 Å². The van der Waals surface area contributed by atoms with Crippen LogP contribution >= 0.6 is 0 Å². The van der Waals surface area contributed by atoms with Gasteiger partial charge in [-0.05, 0) is 43.2 Å². The maximum absolute atomic E-state index is 13.4. The van der Waals surface area contributed by atoms with Crippen molar-refractivity contribution in [3.05, 3.63) is 72.4 Å². The fourth-order valence-electron chi connectivity index (χ4n) is 4.33. The Labute approximate surface area is 171 Å². The molecule has 2 aromatic carbocycles. The van der Waals surface area contributed by atoms with Crippen molar-refractivity contribution in [3.63, 3.8) is 0 Å². The van der Waals surface area contributed by atoms with E-state index in [0.29, 0.717) is 13.0 Å². The van der Waals surface area contributed by atoms with Crippen LogP contribution in [0.1, 0.15) is 31.9 Å². The molecule has 2 aliphatic heterocycles. The number of hydrogen-bond donors (Lipinski definition) is 0. The lowest BCUT2D eigenvalue weighted by Gasteiger charge is -2.44. The van der Waals surface area contributed by atoms with Gasteiger partial charge in [0.25, 0.3) is 0 Å². The minimum atomic E-state index is -0.125. The third-order valence-electron chi connectivity index (χ3n) is 5.65. The SMILES string of the molecule is CC(=O)N(c1ccccc1)[C@@H]1C[C@H](C)N(C(=O)N2CC=CN2C)c2ccccc21. The molecule has 0 fully saturated rings. The average Bonchev–Trinajstić information content (AvgIpc) is 3.14. The van der Waals surface area contributed by atoms with Crippen molar-refractivity contribution >= 4 is 23.3 Å². The number of urea groups is 1. The summed E-state index contributed by atoms with van der Waals surface area (Å²) >= 11 is 0. The molecule has 6 heteroatoms. The van der Waals surface area contributed by atoms with Crippen LogP contribution in [0.5, 0.6) is 0 Å². The molecule has 0 aliphatic carbocycles. The zero-order valence-electron chi connectivity index (χ0n) is 17.0. The number of rotatable bonds is 2. The summed E-state index contributed by atoms with van der Waals surface area (Å²) in [6.45, 7) is 4.21. The van der Waals surface area contributed by atoms with Crippen LogP contribution in [0.2, 0.25) is 0 Å². The summed E-state index contributed by atoms with van der Waals surface area (Å²) in [6.07, 6.45) is 4.53. The lowest BCUT2D eigenvalue weighted by molar-refractivity contribution is -0.117. The number of fused-ring (bicyclic) bond motifs is 1. The predicted octanol–water partition coefficient (Wildman–Crippen LogP) is 4.18. The van der Waals surface area contributed by atoms with E-state index in [9.17, 15) is 9.59 Å². The molecule has 4 rings (SSSR count). The highest BCUT2D eigenvalue weighted by atomic mass is 16.2. The molecule has 0 bridgehead atoms. The van der Waals surface area contributed by atoms with Crippen LogP contribution in [0.4, 0.5) is 16.2 Å². The molecule has 0 spiro atoms. The van der Waals surface area contributed by atoms with E-state index < -0.39 is 0 Å². The fourth-order valence-corrected chi connectivity index (χ4v) is 4.33. The summed E-state index contributed by atoms with van der Waals surface area (Å²) in [6, 6.07) is 17.4. The van der Waals surface area contributed by atoms with Crippen LogP contribution in [0, 0.1) is 0 Å². The quantitative estimate of drug-likeness (QED) is 0.773. The van der Waals surface area contributed by atoms with Crippen molar-refractivity contribution in [2.75, 3.05) is 23.4 Å². The topological polar surface area (TPSA) is 47.1 Å². The summed E-state index contributed by atoms with van der Waals surface area (Å²) in [4.78, 5) is 29.7. The molecule has 150 valence electrons. The Hall–Kier alpha value is -3.28. The van der Waals surface area contributed by atoms with E-state index in [-0.39, 0.29) is 24.0 Å². The summed E-state index contributed by atoms with van der Waals surface area (Å²) < 4.78 is 0. The van der Waals surface area contributed by atoms with E-state index in [4.69, 9.17) is 0 Å². The van der Waals surface area contributed by atoms with Gasteiger partial charge in [0.15, 0.2) is 0 Å². The van der Waals surface area contributed by atoms with Crippen LogP contribution < -0.4 is 9.80 Å². The van der Waals surface area contributed by atoms with Crippen LogP contribution in [0.3, 0.4) is 0 Å². The standard InChI is InChI=1S/C23H26N4O2/c1-17-16-22(27(18(2)28)19-10-5-4-6-11-19)20-12-7-8-13-21(20)26(17)23(29)25-15-9-14-24(25)3/h4-14,17,22H,15-16H2,1-3H3/t17-,22+/m0/s1. The van der Waals surface area contributed by atoms with Crippen LogP contribution in [0.15, 0.2) is 66.9 Å². The lowest BCUT2D eigenvalue weighted by Crippen LogP contribution is -2.54. The number of nitrogens with zero attached hydrogens (tertiary/aromatic N) is 4. The van der Waals surface area contributed by atoms with Crippen molar-refractivity contribution in [1.82, 2.24) is 10.0 Å². The maximum atomic E-state index is 13.4. The van der Waals surface area contributed by atoms with E-state index in [1.807, 2.05) is 95.7 Å². The van der Waals surface area contributed by atoms with E-state index in [2.05, 4.69) is 0 Å². The zero-order valence-corrected chi connectivity index (χ0v) is 17.0. The number of anilines is 2. The molecular weight excluding hydrogens is 364 g/mol. The van der Waals surface area contributed by atoms with Gasteiger partial charge < -0.3 is 4.90 Å². The van der Waals surface area contributed by atoms with Crippen molar-refractivity contribution < 1.29 is 9.59 Å². The molecule has 2 heterocycles. The van der Waals surface area contributed by atoms with Crippen molar-refractivity contribution in [2.24, 2.45) is 0 Å². The van der Waals surface area contributed by atoms with Crippen LogP contribution in [0.25, 0.3) is 0 Å². The Kier molecular flexibility index (Phi) is 5.01. The molecule has 29 heavy (non-hydrogen) atoms. The van der Waals surface area contributed by atoms with Crippen LogP contribution in [-0.2, 0) is 4.79 Å². The second kappa shape index (κ2) is 7.62. The van der Waals surface area contributed by atoms with E-state index in [1.54, 1.807) is 11.9 Å². The summed E-state index contributed by atoms with van der Waals surface area (Å²) in [5, 5.41) is 3.53. The molecule has 6 nitrogen and oxygen atoms in total. The normalized spacial score (nSPS) is 20.6. The molecule has 0 aromatic heterocycles. The summed E-state index contributed by atoms with van der Waals surface area (Å²) in [5.41, 5.74) is 2.73. The van der Waals surface area contributed by atoms with Gasteiger partial charge in [-0.2, -0.15) is 0 Å². The molecule has 0 radical (unpaired) electrons. The fraction of sp³-hybridized carbons (Fsp3) is 0.304. The molecule has 3 amide bonds. The number of benzene rings is 2. The minimum absolute atomic E-state index is 0.00791. The summed E-state index contributed by atoms with van der Waals surface area (Å²) in [5.74, 6) is -0.00791. The van der Waals surface area contributed by atoms with Gasteiger partial charge in [-0.3, -0.25) is 14.7 Å². The second-order valence-corrected chi connectivity index (χ2v) is 7.58. The molecule has 0 saturated carbocycles. The average molecular weight is 390 g/mol. The van der Waals surface area contributed by atoms with Gasteiger partial charge in [0.1, 0.15) is 0 Å². The van der Waals surface area contributed by atoms with Gasteiger partial charge in [0, 0.05) is 31.9 Å². The van der Waals surface area contributed by atoms with Crippen molar-refractivity contribution in [2.45, 2.75) is 32.4 Å². The minimum Gasteiger partial charge on any atom is -0.305 e. The Morgan fingerprint density at radius 3 is 2.38 bits per heavy atom. The molecule has 0 unspecified atom stereocenters. The molecular formula is C23H26N4O2. The van der Waals surface area contributed by atoms with Gasteiger partial charge >= 0.3 is 6.03 Å². The lowest BCUT2D eigenvalue weighted by atomic mass is 9.90. The van der Waals surface area contributed by atoms with Gasteiger partial charge in [0.05, 0.1) is 18.3 Å². The number of carbonyl (C=O) groups is 2. The van der Waals surface area contributed by atoms with E-state index in [1.165, 1.54) is 0 Å². The van der Waals surface area contributed by atoms with Gasteiger partial charge in [-0.15, -0.1) is 0 Å². The molecule has 2 aliphatic rings. The van der Waals surface area contributed by atoms with Crippen molar-refractivity contribution in [1.29, 1.82) is 0 Å². The number of carbonyl (C=O) groups excluding carboxylic acids is 2. The zero-order chi connectivity index (χ0) is 20.5.